The van der Waals surface area contributed by atoms with E-state index in [1.54, 1.807) is 36.3 Å². The molecule has 0 unspecified atom stereocenters. The van der Waals surface area contributed by atoms with Crippen LogP contribution in [0.4, 0.5) is 5.69 Å². The van der Waals surface area contributed by atoms with Crippen LogP contribution in [0.2, 0.25) is 0 Å². The average Bonchev–Trinajstić information content (AvgIpc) is 3.21. The molecule has 0 saturated carbocycles. The molecule has 190 valence electrons. The fourth-order valence-electron chi connectivity index (χ4n) is 3.61. The highest BCUT2D eigenvalue weighted by Crippen LogP contribution is 2.40. The van der Waals surface area contributed by atoms with Crippen LogP contribution >= 0.6 is 27.7 Å². The molecule has 1 saturated heterocycles. The van der Waals surface area contributed by atoms with Crippen LogP contribution in [0.25, 0.3) is 6.08 Å². The summed E-state index contributed by atoms with van der Waals surface area (Å²) in [7, 11) is 2.92. The van der Waals surface area contributed by atoms with Gasteiger partial charge < -0.3 is 14.2 Å². The lowest BCUT2D eigenvalue weighted by atomic mass is 10.1. The normalized spacial score (nSPS) is 15.4. The van der Waals surface area contributed by atoms with Crippen LogP contribution in [0.15, 0.2) is 81.1 Å². The number of methoxy groups -OCH3 is 2. The van der Waals surface area contributed by atoms with E-state index in [9.17, 15) is 9.59 Å². The van der Waals surface area contributed by atoms with Gasteiger partial charge in [0.05, 0.1) is 34.8 Å². The highest BCUT2D eigenvalue weighted by Gasteiger charge is 2.32. The first-order chi connectivity index (χ1) is 17.9. The van der Waals surface area contributed by atoms with Gasteiger partial charge in [-0.3, -0.25) is 9.69 Å². The monoisotopic (exact) mass is 580 g/mol. The van der Waals surface area contributed by atoms with Crippen LogP contribution in [-0.2, 0) is 16.1 Å². The molecule has 3 aromatic carbocycles. The van der Waals surface area contributed by atoms with Crippen LogP contribution < -0.4 is 9.47 Å². The maximum Gasteiger partial charge on any atom is 0.337 e. The first kappa shape index (κ1) is 26.5. The number of hydrogen-bond donors (Lipinski definition) is 0. The Morgan fingerprint density at radius 2 is 1.81 bits per heavy atom. The molecule has 37 heavy (non-hydrogen) atoms. The van der Waals surface area contributed by atoms with Crippen molar-refractivity contribution >= 4 is 56.5 Å². The Bertz CT molecular complexity index is 1360. The molecule has 1 heterocycles. The summed E-state index contributed by atoms with van der Waals surface area (Å²) in [5.74, 6) is 0.603. The minimum atomic E-state index is -0.414. The van der Waals surface area contributed by atoms with Crippen LogP contribution in [0.5, 0.6) is 11.5 Å². The maximum atomic E-state index is 13.1. The number of thioether (sulfide) groups is 1. The lowest BCUT2D eigenvalue weighted by Gasteiger charge is -2.14. The number of aliphatic imine (C=N–C) groups is 1. The number of amides is 1. The standard InChI is InChI=1S/C28H25BrN2O5S/c1-4-31-26(32)24(37-28(31)30-21-12-10-20(11-13-21)27(33)35-3)16-19-14-22(29)25(23(15-19)34-2)36-17-18-8-6-5-7-9-18/h5-16H,4,17H2,1-3H3/b24-16+,30-28?. The molecule has 1 fully saturated rings. The fourth-order valence-corrected chi connectivity index (χ4v) is 5.25. The first-order valence-electron chi connectivity index (χ1n) is 11.5. The Morgan fingerprint density at radius 1 is 1.08 bits per heavy atom. The zero-order chi connectivity index (χ0) is 26.4. The number of rotatable bonds is 8. The second kappa shape index (κ2) is 12.1. The average molecular weight is 581 g/mol. The van der Waals surface area contributed by atoms with E-state index < -0.39 is 5.97 Å². The quantitative estimate of drug-likeness (QED) is 0.225. The summed E-state index contributed by atoms with van der Waals surface area (Å²) < 4.78 is 17.1. The third-order valence-electron chi connectivity index (χ3n) is 5.49. The molecule has 1 aliphatic rings. The van der Waals surface area contributed by atoms with Gasteiger partial charge in [-0.25, -0.2) is 9.79 Å². The summed E-state index contributed by atoms with van der Waals surface area (Å²) >= 11 is 4.88. The Labute approximate surface area is 228 Å². The van der Waals surface area contributed by atoms with Gasteiger partial charge in [-0.05, 0) is 88.2 Å². The lowest BCUT2D eigenvalue weighted by Crippen LogP contribution is -2.28. The Kier molecular flexibility index (Phi) is 8.68. The molecular formula is C28H25BrN2O5S. The van der Waals surface area contributed by atoms with Crippen molar-refractivity contribution in [2.24, 2.45) is 4.99 Å². The fraction of sp³-hybridized carbons (Fsp3) is 0.179. The van der Waals surface area contributed by atoms with Crippen molar-refractivity contribution in [2.45, 2.75) is 13.5 Å². The third-order valence-corrected chi connectivity index (χ3v) is 7.09. The van der Waals surface area contributed by atoms with Crippen molar-refractivity contribution in [3.8, 4) is 11.5 Å². The van der Waals surface area contributed by atoms with Crippen molar-refractivity contribution in [3.05, 3.63) is 92.8 Å². The summed E-state index contributed by atoms with van der Waals surface area (Å²) in [5.41, 5.74) is 2.89. The number of esters is 1. The second-order valence-electron chi connectivity index (χ2n) is 7.90. The van der Waals surface area contributed by atoms with Gasteiger partial charge in [0.2, 0.25) is 0 Å². The number of carbonyl (C=O) groups excluding carboxylic acids is 2. The van der Waals surface area contributed by atoms with Gasteiger partial charge in [0.25, 0.3) is 5.91 Å². The van der Waals surface area contributed by atoms with E-state index in [0.717, 1.165) is 15.6 Å². The molecule has 3 aromatic rings. The van der Waals surface area contributed by atoms with Gasteiger partial charge in [-0.15, -0.1) is 0 Å². The predicted octanol–water partition coefficient (Wildman–Crippen LogP) is 6.45. The van der Waals surface area contributed by atoms with Gasteiger partial charge >= 0.3 is 5.97 Å². The highest BCUT2D eigenvalue weighted by atomic mass is 79.9. The molecule has 0 spiro atoms. The van der Waals surface area contributed by atoms with E-state index in [0.29, 0.717) is 46.0 Å². The summed E-state index contributed by atoms with van der Waals surface area (Å²) in [5, 5.41) is 0.568. The van der Waals surface area contributed by atoms with E-state index in [1.165, 1.54) is 18.9 Å². The zero-order valence-electron chi connectivity index (χ0n) is 20.6. The molecule has 0 bridgehead atoms. The van der Waals surface area contributed by atoms with E-state index in [4.69, 9.17) is 14.2 Å². The Balaban J connectivity index is 1.57. The number of carbonyl (C=O) groups is 2. The van der Waals surface area contributed by atoms with Crippen molar-refractivity contribution in [1.82, 2.24) is 4.90 Å². The summed E-state index contributed by atoms with van der Waals surface area (Å²) in [4.78, 5) is 31.6. The number of likely N-dealkylation sites (N-methyl/N-ethyl adjacent to an activating group) is 1. The van der Waals surface area contributed by atoms with Gasteiger partial charge in [0.1, 0.15) is 6.61 Å². The number of amidine groups is 1. The van der Waals surface area contributed by atoms with E-state index >= 15 is 0 Å². The zero-order valence-corrected chi connectivity index (χ0v) is 23.0. The van der Waals surface area contributed by atoms with E-state index in [1.807, 2.05) is 55.5 Å². The minimum absolute atomic E-state index is 0.128. The molecule has 0 aliphatic carbocycles. The minimum Gasteiger partial charge on any atom is -0.493 e. The van der Waals surface area contributed by atoms with Crippen molar-refractivity contribution in [1.29, 1.82) is 0 Å². The molecule has 9 heteroatoms. The van der Waals surface area contributed by atoms with Gasteiger partial charge in [-0.1, -0.05) is 30.3 Å². The van der Waals surface area contributed by atoms with Crippen molar-refractivity contribution in [2.75, 3.05) is 20.8 Å². The molecule has 0 N–H and O–H groups in total. The predicted molar refractivity (Wildman–Crippen MR) is 149 cm³/mol. The summed E-state index contributed by atoms with van der Waals surface area (Å²) in [6, 6.07) is 20.3. The molecule has 0 aromatic heterocycles. The Hall–Kier alpha value is -3.56. The van der Waals surface area contributed by atoms with Gasteiger partial charge in [-0.2, -0.15) is 0 Å². The summed E-state index contributed by atoms with van der Waals surface area (Å²) in [6.45, 7) is 2.77. The van der Waals surface area contributed by atoms with Crippen molar-refractivity contribution < 1.29 is 23.8 Å². The molecule has 0 atom stereocenters. The van der Waals surface area contributed by atoms with E-state index in [2.05, 4.69) is 20.9 Å². The Morgan fingerprint density at radius 3 is 2.46 bits per heavy atom. The molecule has 7 nitrogen and oxygen atoms in total. The number of nitrogens with zero attached hydrogens (tertiary/aromatic N) is 2. The lowest BCUT2D eigenvalue weighted by molar-refractivity contribution is -0.122. The first-order valence-corrected chi connectivity index (χ1v) is 13.1. The third kappa shape index (κ3) is 6.23. The SMILES string of the molecule is CCN1C(=O)/C(=C\c2cc(Br)c(OCc3ccccc3)c(OC)c2)SC1=Nc1ccc(C(=O)OC)cc1. The largest absolute Gasteiger partial charge is 0.493 e. The second-order valence-corrected chi connectivity index (χ2v) is 9.76. The summed E-state index contributed by atoms with van der Waals surface area (Å²) in [6.07, 6.45) is 1.81. The van der Waals surface area contributed by atoms with Crippen LogP contribution in [0.1, 0.15) is 28.4 Å². The molecule has 4 rings (SSSR count). The highest BCUT2D eigenvalue weighted by molar-refractivity contribution is 9.10. The molecule has 0 radical (unpaired) electrons. The maximum absolute atomic E-state index is 13.1. The molecule has 1 aliphatic heterocycles. The van der Waals surface area contributed by atoms with Crippen molar-refractivity contribution in [3.63, 3.8) is 0 Å². The van der Waals surface area contributed by atoms with Gasteiger partial charge in [0, 0.05) is 6.54 Å². The smallest absolute Gasteiger partial charge is 0.337 e. The number of benzene rings is 3. The topological polar surface area (TPSA) is 77.4 Å². The number of ether oxygens (including phenoxy) is 3. The number of halogens is 1. The van der Waals surface area contributed by atoms with Gasteiger partial charge in [0.15, 0.2) is 16.7 Å². The molecular weight excluding hydrogens is 556 g/mol. The van der Waals surface area contributed by atoms with Crippen LogP contribution in [0, 0.1) is 0 Å². The van der Waals surface area contributed by atoms with Crippen LogP contribution in [-0.4, -0.2) is 42.7 Å². The number of hydrogen-bond acceptors (Lipinski definition) is 7. The van der Waals surface area contributed by atoms with E-state index in [-0.39, 0.29) is 5.91 Å². The van der Waals surface area contributed by atoms with Crippen LogP contribution in [0.3, 0.4) is 0 Å². The molecule has 1 amide bonds.